The fourth-order valence-corrected chi connectivity index (χ4v) is 1.95. The van der Waals surface area contributed by atoms with E-state index in [9.17, 15) is 0 Å². The van der Waals surface area contributed by atoms with Crippen molar-refractivity contribution in [2.24, 2.45) is 0 Å². The van der Waals surface area contributed by atoms with E-state index in [-0.39, 0.29) is 0 Å². The molecule has 0 aliphatic carbocycles. The SMILES string of the molecule is COc1ccc(Nc2cc(C#N)cc(C)n2)cc1Cl. The van der Waals surface area contributed by atoms with Crippen LogP contribution in [0.25, 0.3) is 0 Å². The summed E-state index contributed by atoms with van der Waals surface area (Å²) in [4.78, 5) is 4.31. The Labute approximate surface area is 116 Å². The van der Waals surface area contributed by atoms with Gasteiger partial charge in [0.25, 0.3) is 0 Å². The van der Waals surface area contributed by atoms with E-state index >= 15 is 0 Å². The van der Waals surface area contributed by atoms with Crippen LogP contribution in [0, 0.1) is 18.3 Å². The predicted molar refractivity (Wildman–Crippen MR) is 75.0 cm³/mol. The highest BCUT2D eigenvalue weighted by Crippen LogP contribution is 2.28. The second-order valence-electron chi connectivity index (χ2n) is 3.97. The summed E-state index contributed by atoms with van der Waals surface area (Å²) in [6.07, 6.45) is 0. The molecule has 1 aromatic heterocycles. The maximum absolute atomic E-state index is 8.92. The van der Waals surface area contributed by atoms with Crippen LogP contribution in [0.2, 0.25) is 5.02 Å². The quantitative estimate of drug-likeness (QED) is 0.927. The molecule has 2 rings (SSSR count). The highest BCUT2D eigenvalue weighted by Gasteiger charge is 2.04. The predicted octanol–water partition coefficient (Wildman–Crippen LogP) is 3.67. The van der Waals surface area contributed by atoms with E-state index in [4.69, 9.17) is 21.6 Å². The summed E-state index contributed by atoms with van der Waals surface area (Å²) in [5.41, 5.74) is 2.13. The number of pyridine rings is 1. The molecule has 0 aliphatic rings. The summed E-state index contributed by atoms with van der Waals surface area (Å²) < 4.78 is 5.09. The van der Waals surface area contributed by atoms with Gasteiger partial charge in [0.1, 0.15) is 11.6 Å². The van der Waals surface area contributed by atoms with Crippen molar-refractivity contribution >= 4 is 23.1 Å². The van der Waals surface area contributed by atoms with Gasteiger partial charge in [-0.15, -0.1) is 0 Å². The van der Waals surface area contributed by atoms with Crippen LogP contribution in [-0.4, -0.2) is 12.1 Å². The van der Waals surface area contributed by atoms with Gasteiger partial charge in [0.15, 0.2) is 0 Å². The summed E-state index contributed by atoms with van der Waals surface area (Å²) in [5.74, 6) is 1.22. The maximum atomic E-state index is 8.92. The molecule has 0 atom stereocenters. The third-order valence-electron chi connectivity index (χ3n) is 2.51. The number of methoxy groups -OCH3 is 1. The Kier molecular flexibility index (Phi) is 3.88. The van der Waals surface area contributed by atoms with Gasteiger partial charge in [0.2, 0.25) is 0 Å². The molecule has 96 valence electrons. The number of hydrogen-bond donors (Lipinski definition) is 1. The third-order valence-corrected chi connectivity index (χ3v) is 2.80. The molecule has 1 heterocycles. The van der Waals surface area contributed by atoms with Gasteiger partial charge in [-0.05, 0) is 37.3 Å². The fourth-order valence-electron chi connectivity index (χ4n) is 1.69. The van der Waals surface area contributed by atoms with Gasteiger partial charge in [0, 0.05) is 11.4 Å². The zero-order valence-corrected chi connectivity index (χ0v) is 11.3. The highest BCUT2D eigenvalue weighted by molar-refractivity contribution is 6.32. The largest absolute Gasteiger partial charge is 0.495 e. The van der Waals surface area contributed by atoms with Gasteiger partial charge in [0.05, 0.1) is 23.8 Å². The normalized spacial score (nSPS) is 9.79. The number of hydrogen-bond acceptors (Lipinski definition) is 4. The van der Waals surface area contributed by atoms with Crippen molar-refractivity contribution in [1.29, 1.82) is 5.26 Å². The van der Waals surface area contributed by atoms with Gasteiger partial charge in [-0.2, -0.15) is 5.26 Å². The molecule has 0 saturated heterocycles. The lowest BCUT2D eigenvalue weighted by Crippen LogP contribution is -1.96. The van der Waals surface area contributed by atoms with E-state index in [1.165, 1.54) is 0 Å². The molecule has 1 N–H and O–H groups in total. The van der Waals surface area contributed by atoms with Gasteiger partial charge >= 0.3 is 0 Å². The Bertz CT molecular complexity index is 650. The molecule has 2 aromatic rings. The Morgan fingerprint density at radius 1 is 1.32 bits per heavy atom. The molecule has 0 bridgehead atoms. The standard InChI is InChI=1S/C14H12ClN3O/c1-9-5-10(8-16)6-14(17-9)18-11-3-4-13(19-2)12(15)7-11/h3-7H,1-2H3,(H,17,18). The first-order valence-corrected chi connectivity index (χ1v) is 5.99. The smallest absolute Gasteiger partial charge is 0.137 e. The molecule has 0 radical (unpaired) electrons. The van der Waals surface area contributed by atoms with E-state index in [1.807, 2.05) is 13.0 Å². The van der Waals surface area contributed by atoms with Crippen LogP contribution in [0.5, 0.6) is 5.75 Å². The van der Waals surface area contributed by atoms with Crippen molar-refractivity contribution in [3.05, 3.63) is 46.6 Å². The van der Waals surface area contributed by atoms with Crippen molar-refractivity contribution in [2.75, 3.05) is 12.4 Å². The number of benzene rings is 1. The van der Waals surface area contributed by atoms with Crippen LogP contribution in [-0.2, 0) is 0 Å². The molecule has 0 unspecified atom stereocenters. The van der Waals surface area contributed by atoms with Crippen molar-refractivity contribution < 1.29 is 4.74 Å². The number of aryl methyl sites for hydroxylation is 1. The Morgan fingerprint density at radius 2 is 2.11 bits per heavy atom. The molecule has 19 heavy (non-hydrogen) atoms. The summed E-state index contributed by atoms with van der Waals surface area (Å²) in [7, 11) is 1.57. The monoisotopic (exact) mass is 273 g/mol. The minimum Gasteiger partial charge on any atom is -0.495 e. The summed E-state index contributed by atoms with van der Waals surface area (Å²) in [6.45, 7) is 1.84. The van der Waals surface area contributed by atoms with Crippen LogP contribution in [0.3, 0.4) is 0 Å². The molecule has 1 aromatic carbocycles. The van der Waals surface area contributed by atoms with Crippen molar-refractivity contribution in [2.45, 2.75) is 6.92 Å². The lowest BCUT2D eigenvalue weighted by atomic mass is 10.2. The molecule has 5 heteroatoms. The Morgan fingerprint density at radius 3 is 2.74 bits per heavy atom. The average Bonchev–Trinajstić information content (AvgIpc) is 2.38. The minimum atomic E-state index is 0.514. The summed E-state index contributed by atoms with van der Waals surface area (Å²) >= 11 is 6.05. The molecular weight excluding hydrogens is 262 g/mol. The van der Waals surface area contributed by atoms with Crippen LogP contribution in [0.1, 0.15) is 11.3 Å². The Hall–Kier alpha value is -2.25. The van der Waals surface area contributed by atoms with E-state index in [2.05, 4.69) is 16.4 Å². The van der Waals surface area contributed by atoms with Crippen molar-refractivity contribution in [3.8, 4) is 11.8 Å². The second kappa shape index (κ2) is 5.59. The van der Waals surface area contributed by atoms with Gasteiger partial charge in [-0.1, -0.05) is 11.6 Å². The first-order chi connectivity index (χ1) is 9.12. The lowest BCUT2D eigenvalue weighted by Gasteiger charge is -2.09. The Balaban J connectivity index is 2.29. The molecule has 0 spiro atoms. The number of halogens is 1. The highest BCUT2D eigenvalue weighted by atomic mass is 35.5. The van der Waals surface area contributed by atoms with Gasteiger partial charge < -0.3 is 10.1 Å². The summed E-state index contributed by atoms with van der Waals surface area (Å²) in [6, 6.07) is 10.9. The van der Waals surface area contributed by atoms with Crippen molar-refractivity contribution in [1.82, 2.24) is 4.98 Å². The first kappa shape index (κ1) is 13.2. The van der Waals surface area contributed by atoms with E-state index in [0.717, 1.165) is 11.4 Å². The number of ether oxygens (including phenoxy) is 1. The average molecular weight is 274 g/mol. The lowest BCUT2D eigenvalue weighted by molar-refractivity contribution is 0.415. The maximum Gasteiger partial charge on any atom is 0.137 e. The third kappa shape index (κ3) is 3.15. The van der Waals surface area contributed by atoms with Crippen molar-refractivity contribution in [3.63, 3.8) is 0 Å². The van der Waals surface area contributed by atoms with E-state index in [0.29, 0.717) is 22.2 Å². The minimum absolute atomic E-state index is 0.514. The number of nitrogens with one attached hydrogen (secondary N) is 1. The number of anilines is 2. The number of nitrogens with zero attached hydrogens (tertiary/aromatic N) is 2. The topological polar surface area (TPSA) is 57.9 Å². The molecule has 0 fully saturated rings. The fraction of sp³-hybridized carbons (Fsp3) is 0.143. The molecule has 0 saturated carbocycles. The first-order valence-electron chi connectivity index (χ1n) is 5.61. The molecule has 0 aliphatic heterocycles. The second-order valence-corrected chi connectivity index (χ2v) is 4.38. The van der Waals surface area contributed by atoms with Crippen LogP contribution >= 0.6 is 11.6 Å². The van der Waals surface area contributed by atoms with Crippen LogP contribution in [0.15, 0.2) is 30.3 Å². The number of rotatable bonds is 3. The zero-order valence-electron chi connectivity index (χ0n) is 10.6. The number of aromatic nitrogens is 1. The van der Waals surface area contributed by atoms with Crippen LogP contribution in [0.4, 0.5) is 11.5 Å². The van der Waals surface area contributed by atoms with Gasteiger partial charge in [-0.25, -0.2) is 4.98 Å². The molecular formula is C14H12ClN3O. The zero-order chi connectivity index (χ0) is 13.8. The van der Waals surface area contributed by atoms with Gasteiger partial charge in [-0.3, -0.25) is 0 Å². The summed E-state index contributed by atoms with van der Waals surface area (Å²) in [5, 5.41) is 12.5. The van der Waals surface area contributed by atoms with E-state index < -0.39 is 0 Å². The van der Waals surface area contributed by atoms with E-state index in [1.54, 1.807) is 31.4 Å². The molecule has 0 amide bonds. The molecule has 4 nitrogen and oxygen atoms in total. The number of nitriles is 1. The van der Waals surface area contributed by atoms with Crippen LogP contribution < -0.4 is 10.1 Å².